The van der Waals surface area contributed by atoms with Crippen LogP contribution in [0.5, 0.6) is 5.75 Å². The van der Waals surface area contributed by atoms with Crippen molar-refractivity contribution in [3.05, 3.63) is 69.8 Å². The number of rotatable bonds is 5. The molecule has 0 spiro atoms. The first-order valence-electron chi connectivity index (χ1n) is 6.35. The van der Waals surface area contributed by atoms with Crippen LogP contribution in [0.4, 0.5) is 5.69 Å². The van der Waals surface area contributed by atoms with E-state index in [4.69, 9.17) is 4.74 Å². The molecule has 2 aromatic rings. The second-order valence-corrected chi connectivity index (χ2v) is 4.41. The lowest BCUT2D eigenvalue weighted by Gasteiger charge is -2.07. The predicted molar refractivity (Wildman–Crippen MR) is 81.6 cm³/mol. The summed E-state index contributed by atoms with van der Waals surface area (Å²) < 4.78 is 5.03. The third-order valence-corrected chi connectivity index (χ3v) is 3.03. The largest absolute Gasteiger partial charge is 0.497 e. The molecule has 0 saturated heterocycles. The summed E-state index contributed by atoms with van der Waals surface area (Å²) in [5.74, 6) is -0.902. The number of hydrogen-bond donors (Lipinski definition) is 1. The van der Waals surface area contributed by atoms with Gasteiger partial charge >= 0.3 is 5.97 Å². The van der Waals surface area contributed by atoms with E-state index in [2.05, 4.69) is 0 Å². The van der Waals surface area contributed by atoms with Crippen LogP contribution in [0.2, 0.25) is 0 Å². The van der Waals surface area contributed by atoms with Crippen molar-refractivity contribution in [2.75, 3.05) is 7.11 Å². The van der Waals surface area contributed by atoms with Crippen LogP contribution in [0.3, 0.4) is 0 Å². The van der Waals surface area contributed by atoms with Crippen molar-refractivity contribution >= 4 is 23.3 Å². The molecular formula is C16H13NO5. The number of nitro groups is 1. The third kappa shape index (κ3) is 3.29. The molecule has 1 N–H and O–H groups in total. The van der Waals surface area contributed by atoms with Gasteiger partial charge in [-0.1, -0.05) is 30.3 Å². The van der Waals surface area contributed by atoms with Crippen LogP contribution >= 0.6 is 0 Å². The van der Waals surface area contributed by atoms with Crippen molar-refractivity contribution in [3.8, 4) is 5.75 Å². The van der Waals surface area contributed by atoms with Crippen molar-refractivity contribution in [1.29, 1.82) is 0 Å². The molecule has 2 rings (SSSR count). The van der Waals surface area contributed by atoms with E-state index in [9.17, 15) is 20.0 Å². The van der Waals surface area contributed by atoms with Gasteiger partial charge in [0.05, 0.1) is 23.2 Å². The molecule has 0 unspecified atom stereocenters. The number of methoxy groups -OCH3 is 1. The zero-order chi connectivity index (χ0) is 16.1. The molecule has 0 fully saturated rings. The zero-order valence-corrected chi connectivity index (χ0v) is 11.7. The number of benzene rings is 2. The highest BCUT2D eigenvalue weighted by atomic mass is 16.6. The third-order valence-electron chi connectivity index (χ3n) is 3.03. The number of nitro benzene ring substituents is 1. The molecule has 0 aromatic heterocycles. The summed E-state index contributed by atoms with van der Waals surface area (Å²) in [7, 11) is 1.41. The summed E-state index contributed by atoms with van der Waals surface area (Å²) in [6.07, 6.45) is 1.39. The van der Waals surface area contributed by atoms with Crippen LogP contribution in [0.15, 0.2) is 48.5 Å². The summed E-state index contributed by atoms with van der Waals surface area (Å²) in [6.45, 7) is 0. The van der Waals surface area contributed by atoms with Crippen LogP contribution in [-0.4, -0.2) is 23.1 Å². The van der Waals surface area contributed by atoms with Gasteiger partial charge in [-0.15, -0.1) is 0 Å². The van der Waals surface area contributed by atoms with E-state index in [1.54, 1.807) is 30.3 Å². The summed E-state index contributed by atoms with van der Waals surface area (Å²) in [6, 6.07) is 12.7. The van der Waals surface area contributed by atoms with Gasteiger partial charge in [0.25, 0.3) is 5.69 Å². The summed E-state index contributed by atoms with van der Waals surface area (Å²) in [4.78, 5) is 22.1. The average molecular weight is 299 g/mol. The number of ether oxygens (including phenoxy) is 1. The van der Waals surface area contributed by atoms with Gasteiger partial charge < -0.3 is 9.84 Å². The second-order valence-electron chi connectivity index (χ2n) is 4.41. The lowest BCUT2D eigenvalue weighted by atomic mass is 10.0. The molecule has 0 atom stereocenters. The van der Waals surface area contributed by atoms with E-state index in [-0.39, 0.29) is 16.8 Å². The molecule has 0 aliphatic carbocycles. The minimum Gasteiger partial charge on any atom is -0.497 e. The minimum atomic E-state index is -1.25. The molecule has 6 nitrogen and oxygen atoms in total. The second kappa shape index (κ2) is 6.53. The van der Waals surface area contributed by atoms with Crippen molar-refractivity contribution in [2.24, 2.45) is 0 Å². The van der Waals surface area contributed by atoms with Gasteiger partial charge in [0.2, 0.25) is 0 Å². The monoisotopic (exact) mass is 299 g/mol. The molecule has 112 valence electrons. The van der Waals surface area contributed by atoms with Crippen LogP contribution < -0.4 is 4.74 Å². The topological polar surface area (TPSA) is 89.7 Å². The molecule has 6 heteroatoms. The van der Waals surface area contributed by atoms with Crippen LogP contribution in [-0.2, 0) is 4.79 Å². The van der Waals surface area contributed by atoms with E-state index in [1.807, 2.05) is 0 Å². The van der Waals surface area contributed by atoms with Gasteiger partial charge in [0.15, 0.2) is 0 Å². The summed E-state index contributed by atoms with van der Waals surface area (Å²) >= 11 is 0. The van der Waals surface area contributed by atoms with Gasteiger partial charge in [-0.05, 0) is 23.8 Å². The Balaban J connectivity index is 2.65. The first kappa shape index (κ1) is 15.2. The molecule has 0 aliphatic heterocycles. The molecule has 0 heterocycles. The van der Waals surface area contributed by atoms with E-state index in [1.165, 1.54) is 31.4 Å². The highest BCUT2D eigenvalue weighted by Crippen LogP contribution is 2.31. The molecule has 2 aromatic carbocycles. The molecular weight excluding hydrogens is 286 g/mol. The van der Waals surface area contributed by atoms with Gasteiger partial charge in [-0.3, -0.25) is 10.1 Å². The number of carbonyl (C=O) groups is 1. The normalized spacial score (nSPS) is 11.0. The fourth-order valence-corrected chi connectivity index (χ4v) is 1.99. The van der Waals surface area contributed by atoms with E-state index < -0.39 is 10.9 Å². The maximum atomic E-state index is 11.5. The first-order valence-corrected chi connectivity index (χ1v) is 6.35. The number of carboxylic acid groups (broad SMARTS) is 1. The lowest BCUT2D eigenvalue weighted by molar-refractivity contribution is -0.385. The molecule has 22 heavy (non-hydrogen) atoms. The maximum Gasteiger partial charge on any atom is 0.336 e. The molecule has 0 amide bonds. The average Bonchev–Trinajstić information content (AvgIpc) is 2.52. The van der Waals surface area contributed by atoms with Gasteiger partial charge in [0, 0.05) is 6.07 Å². The minimum absolute atomic E-state index is 0.000651. The maximum absolute atomic E-state index is 11.5. The van der Waals surface area contributed by atoms with Crippen LogP contribution in [0.25, 0.3) is 11.6 Å². The number of nitrogens with zero attached hydrogens (tertiary/aromatic N) is 1. The van der Waals surface area contributed by atoms with Crippen LogP contribution in [0.1, 0.15) is 11.1 Å². The Morgan fingerprint density at radius 1 is 1.23 bits per heavy atom. The number of aliphatic carboxylic acids is 1. The fourth-order valence-electron chi connectivity index (χ4n) is 1.99. The number of carboxylic acids is 1. The molecule has 0 aliphatic rings. The van der Waals surface area contributed by atoms with E-state index in [0.29, 0.717) is 11.3 Å². The van der Waals surface area contributed by atoms with Gasteiger partial charge in [-0.2, -0.15) is 0 Å². The lowest BCUT2D eigenvalue weighted by Crippen LogP contribution is -2.04. The summed E-state index contributed by atoms with van der Waals surface area (Å²) in [5, 5.41) is 20.6. The Morgan fingerprint density at radius 2 is 1.91 bits per heavy atom. The van der Waals surface area contributed by atoms with Crippen molar-refractivity contribution in [3.63, 3.8) is 0 Å². The standard InChI is InChI=1S/C16H13NO5/c1-22-12-7-8-15(17(20)21)13(10-12)14(16(18)19)9-11-5-3-2-4-6-11/h2-10H,1H3,(H,18,19). The Hall–Kier alpha value is -3.15. The summed E-state index contributed by atoms with van der Waals surface area (Å²) in [5.41, 5.74) is 0.180. The number of hydrogen-bond acceptors (Lipinski definition) is 4. The van der Waals surface area contributed by atoms with Crippen LogP contribution in [0, 0.1) is 10.1 Å². The molecule has 0 radical (unpaired) electrons. The highest BCUT2D eigenvalue weighted by Gasteiger charge is 2.22. The first-order chi connectivity index (χ1) is 10.5. The Kier molecular flexibility index (Phi) is 4.53. The van der Waals surface area contributed by atoms with E-state index in [0.717, 1.165) is 0 Å². The Bertz CT molecular complexity index is 737. The predicted octanol–water partition coefficient (Wildman–Crippen LogP) is 3.23. The molecule has 0 bridgehead atoms. The zero-order valence-electron chi connectivity index (χ0n) is 11.7. The molecule has 0 saturated carbocycles. The fraction of sp³-hybridized carbons (Fsp3) is 0.0625. The van der Waals surface area contributed by atoms with Crippen molar-refractivity contribution in [2.45, 2.75) is 0 Å². The Morgan fingerprint density at radius 3 is 2.45 bits per heavy atom. The van der Waals surface area contributed by atoms with E-state index >= 15 is 0 Å². The quantitative estimate of drug-likeness (QED) is 0.396. The smallest absolute Gasteiger partial charge is 0.336 e. The highest BCUT2D eigenvalue weighted by molar-refractivity contribution is 6.21. The Labute approximate surface area is 126 Å². The SMILES string of the molecule is COc1ccc([N+](=O)[O-])c(C(=Cc2ccccc2)C(=O)O)c1. The van der Waals surface area contributed by atoms with Crippen molar-refractivity contribution < 1.29 is 19.6 Å². The van der Waals surface area contributed by atoms with Gasteiger partial charge in [0.1, 0.15) is 5.75 Å². The van der Waals surface area contributed by atoms with Crippen molar-refractivity contribution in [1.82, 2.24) is 0 Å². The van der Waals surface area contributed by atoms with Gasteiger partial charge in [-0.25, -0.2) is 4.79 Å².